The van der Waals surface area contributed by atoms with Crippen LogP contribution in [0.25, 0.3) is 0 Å². The van der Waals surface area contributed by atoms with Gasteiger partial charge in [-0.3, -0.25) is 9.59 Å². The summed E-state index contributed by atoms with van der Waals surface area (Å²) in [4.78, 5) is 34.8. The van der Waals surface area contributed by atoms with Crippen molar-refractivity contribution in [2.45, 2.75) is 6.42 Å². The first-order chi connectivity index (χ1) is 9.04. The first-order valence-corrected chi connectivity index (χ1v) is 6.05. The van der Waals surface area contributed by atoms with Gasteiger partial charge in [0.05, 0.1) is 12.5 Å². The third-order valence-electron chi connectivity index (χ3n) is 2.77. The number of aliphatic carboxylic acids is 1. The van der Waals surface area contributed by atoms with Crippen LogP contribution in [0.1, 0.15) is 6.42 Å². The van der Waals surface area contributed by atoms with Gasteiger partial charge < -0.3 is 25.4 Å². The van der Waals surface area contributed by atoms with Gasteiger partial charge in [-0.25, -0.2) is 4.79 Å². The van der Waals surface area contributed by atoms with Crippen LogP contribution in [0.2, 0.25) is 0 Å². The molecular formula is C11H19N3O5. The molecule has 0 bridgehead atoms. The Morgan fingerprint density at radius 3 is 2.53 bits per heavy atom. The number of carbonyl (C=O) groups excluding carboxylic acids is 2. The molecule has 0 aromatic heterocycles. The lowest BCUT2D eigenvalue weighted by Gasteiger charge is -2.36. The van der Waals surface area contributed by atoms with E-state index in [2.05, 4.69) is 10.6 Å². The molecule has 1 aliphatic heterocycles. The minimum Gasteiger partial charge on any atom is -0.481 e. The lowest BCUT2D eigenvalue weighted by molar-refractivity contribution is -0.146. The highest BCUT2D eigenvalue weighted by atomic mass is 16.5. The molecule has 0 saturated carbocycles. The van der Waals surface area contributed by atoms with Gasteiger partial charge in [0.15, 0.2) is 0 Å². The van der Waals surface area contributed by atoms with Crippen LogP contribution in [-0.4, -0.2) is 67.8 Å². The Hall–Kier alpha value is -1.83. The number of carboxylic acids is 1. The van der Waals surface area contributed by atoms with Crippen LogP contribution in [0.15, 0.2) is 0 Å². The lowest BCUT2D eigenvalue weighted by atomic mass is 10.0. The molecular weight excluding hydrogens is 254 g/mol. The summed E-state index contributed by atoms with van der Waals surface area (Å²) in [7, 11) is 1.55. The number of nitrogens with zero attached hydrogens (tertiary/aromatic N) is 1. The van der Waals surface area contributed by atoms with Crippen molar-refractivity contribution in [2.75, 3.05) is 39.9 Å². The second-order valence-corrected chi connectivity index (χ2v) is 4.26. The monoisotopic (exact) mass is 273 g/mol. The van der Waals surface area contributed by atoms with E-state index < -0.39 is 11.9 Å². The van der Waals surface area contributed by atoms with Crippen molar-refractivity contribution < 1.29 is 24.2 Å². The molecule has 3 amide bonds. The van der Waals surface area contributed by atoms with Gasteiger partial charge in [-0.1, -0.05) is 0 Å². The SMILES string of the molecule is COCCNC(=O)CCNC(=O)N1CC(C(=O)O)C1. The molecule has 0 aromatic rings. The third-order valence-corrected chi connectivity index (χ3v) is 2.77. The molecule has 1 aliphatic rings. The van der Waals surface area contributed by atoms with Crippen LogP contribution in [0, 0.1) is 5.92 Å². The standard InChI is InChI=1S/C11H19N3O5/c1-19-5-4-12-9(15)2-3-13-11(18)14-6-8(7-14)10(16)17/h8H,2-7H2,1H3,(H,12,15)(H,13,18)(H,16,17). The fraction of sp³-hybridized carbons (Fsp3) is 0.727. The summed E-state index contributed by atoms with van der Waals surface area (Å²) in [5, 5.41) is 13.9. The molecule has 1 rings (SSSR count). The molecule has 8 heteroatoms. The van der Waals surface area contributed by atoms with E-state index in [1.54, 1.807) is 7.11 Å². The molecule has 0 radical (unpaired) electrons. The van der Waals surface area contributed by atoms with E-state index in [0.29, 0.717) is 13.2 Å². The van der Waals surface area contributed by atoms with E-state index in [1.165, 1.54) is 4.90 Å². The molecule has 0 spiro atoms. The van der Waals surface area contributed by atoms with Crippen molar-refractivity contribution in [3.8, 4) is 0 Å². The van der Waals surface area contributed by atoms with Gasteiger partial charge in [0, 0.05) is 39.7 Å². The summed E-state index contributed by atoms with van der Waals surface area (Å²) in [6, 6.07) is -0.331. The van der Waals surface area contributed by atoms with Gasteiger partial charge in [0.2, 0.25) is 5.91 Å². The number of amides is 3. The molecule has 0 atom stereocenters. The Balaban J connectivity index is 2.05. The van der Waals surface area contributed by atoms with Gasteiger partial charge in [-0.05, 0) is 0 Å². The molecule has 8 nitrogen and oxygen atoms in total. The summed E-state index contributed by atoms with van der Waals surface area (Å²) in [5.41, 5.74) is 0. The largest absolute Gasteiger partial charge is 0.481 e. The van der Waals surface area contributed by atoms with Crippen LogP contribution in [0.4, 0.5) is 4.79 Å². The molecule has 19 heavy (non-hydrogen) atoms. The van der Waals surface area contributed by atoms with Gasteiger partial charge in [-0.2, -0.15) is 0 Å². The average Bonchev–Trinajstić information content (AvgIpc) is 2.26. The average molecular weight is 273 g/mol. The zero-order chi connectivity index (χ0) is 14.3. The molecule has 0 aromatic carbocycles. The molecule has 3 N–H and O–H groups in total. The zero-order valence-corrected chi connectivity index (χ0v) is 10.8. The molecule has 1 heterocycles. The van der Waals surface area contributed by atoms with Crippen molar-refractivity contribution in [3.05, 3.63) is 0 Å². The topological polar surface area (TPSA) is 108 Å². The number of methoxy groups -OCH3 is 1. The summed E-state index contributed by atoms with van der Waals surface area (Å²) >= 11 is 0. The van der Waals surface area contributed by atoms with Gasteiger partial charge in [0.25, 0.3) is 0 Å². The fourth-order valence-corrected chi connectivity index (χ4v) is 1.58. The first kappa shape index (κ1) is 15.2. The number of hydrogen-bond donors (Lipinski definition) is 3. The van der Waals surface area contributed by atoms with Crippen LogP contribution < -0.4 is 10.6 Å². The van der Waals surface area contributed by atoms with Crippen LogP contribution in [0.3, 0.4) is 0 Å². The second-order valence-electron chi connectivity index (χ2n) is 4.26. The lowest BCUT2D eigenvalue weighted by Crippen LogP contribution is -2.56. The van der Waals surface area contributed by atoms with Crippen molar-refractivity contribution in [1.82, 2.24) is 15.5 Å². The summed E-state index contributed by atoms with van der Waals surface area (Å²) < 4.78 is 4.78. The number of urea groups is 1. The smallest absolute Gasteiger partial charge is 0.317 e. The molecule has 0 unspecified atom stereocenters. The maximum absolute atomic E-state index is 11.5. The summed E-state index contributed by atoms with van der Waals surface area (Å²) in [6.07, 6.45) is 0.186. The predicted molar refractivity (Wildman–Crippen MR) is 65.6 cm³/mol. The first-order valence-electron chi connectivity index (χ1n) is 6.05. The highest BCUT2D eigenvalue weighted by Crippen LogP contribution is 2.14. The number of carbonyl (C=O) groups is 3. The van der Waals surface area contributed by atoms with Gasteiger partial charge >= 0.3 is 12.0 Å². The van der Waals surface area contributed by atoms with Crippen molar-refractivity contribution >= 4 is 17.9 Å². The number of likely N-dealkylation sites (tertiary alicyclic amines) is 1. The number of hydrogen-bond acceptors (Lipinski definition) is 4. The van der Waals surface area contributed by atoms with Crippen molar-refractivity contribution in [2.24, 2.45) is 5.92 Å². The van der Waals surface area contributed by atoms with E-state index in [9.17, 15) is 14.4 Å². The third kappa shape index (κ3) is 5.12. The highest BCUT2D eigenvalue weighted by Gasteiger charge is 2.35. The maximum atomic E-state index is 11.5. The number of carboxylic acid groups (broad SMARTS) is 1. The number of ether oxygens (including phenoxy) is 1. The maximum Gasteiger partial charge on any atom is 0.317 e. The minimum absolute atomic E-state index is 0.163. The Morgan fingerprint density at radius 2 is 1.95 bits per heavy atom. The van der Waals surface area contributed by atoms with Crippen LogP contribution in [0.5, 0.6) is 0 Å². The number of nitrogens with one attached hydrogen (secondary N) is 2. The normalized spacial score (nSPS) is 14.7. The van der Waals surface area contributed by atoms with Gasteiger partial charge in [-0.15, -0.1) is 0 Å². The Labute approximate surface area is 111 Å². The highest BCUT2D eigenvalue weighted by molar-refractivity contribution is 5.80. The van der Waals surface area contributed by atoms with E-state index in [-0.39, 0.29) is 38.0 Å². The van der Waals surface area contributed by atoms with Gasteiger partial charge in [0.1, 0.15) is 0 Å². The molecule has 0 aliphatic carbocycles. The van der Waals surface area contributed by atoms with Crippen LogP contribution >= 0.6 is 0 Å². The predicted octanol–water partition coefficient (Wildman–Crippen LogP) is -1.13. The summed E-state index contributed by atoms with van der Waals surface area (Å²) in [5.74, 6) is -1.52. The second kappa shape index (κ2) is 7.57. The van der Waals surface area contributed by atoms with Crippen molar-refractivity contribution in [3.63, 3.8) is 0 Å². The van der Waals surface area contributed by atoms with E-state index in [4.69, 9.17) is 9.84 Å². The Morgan fingerprint density at radius 1 is 1.26 bits per heavy atom. The Kier molecular flexibility index (Phi) is 6.07. The molecule has 1 saturated heterocycles. The van der Waals surface area contributed by atoms with Crippen molar-refractivity contribution in [1.29, 1.82) is 0 Å². The molecule has 108 valence electrons. The summed E-state index contributed by atoms with van der Waals surface area (Å²) in [6.45, 7) is 1.56. The van der Waals surface area contributed by atoms with Crippen LogP contribution in [-0.2, 0) is 14.3 Å². The zero-order valence-electron chi connectivity index (χ0n) is 10.8. The molecule has 1 fully saturated rings. The van der Waals surface area contributed by atoms with E-state index >= 15 is 0 Å². The quantitative estimate of drug-likeness (QED) is 0.508. The number of rotatable bonds is 7. The van der Waals surface area contributed by atoms with E-state index in [1.807, 2.05) is 0 Å². The van der Waals surface area contributed by atoms with E-state index in [0.717, 1.165) is 0 Å². The Bertz CT molecular complexity index is 341. The minimum atomic E-state index is -0.887. The fourth-order valence-electron chi connectivity index (χ4n) is 1.58.